The maximum Gasteiger partial charge on any atom is 0.232 e. The molecule has 3 aromatic rings. The first-order valence-electron chi connectivity index (χ1n) is 9.55. The Balaban J connectivity index is 1.58. The molecule has 1 aromatic heterocycles. The summed E-state index contributed by atoms with van der Waals surface area (Å²) in [6, 6.07) is 11.5. The van der Waals surface area contributed by atoms with Gasteiger partial charge in [0.05, 0.1) is 23.9 Å². The van der Waals surface area contributed by atoms with Crippen molar-refractivity contribution in [1.29, 1.82) is 0 Å². The van der Waals surface area contributed by atoms with Gasteiger partial charge in [0.15, 0.2) is 5.76 Å². The van der Waals surface area contributed by atoms with Crippen LogP contribution in [0.3, 0.4) is 0 Å². The Labute approximate surface area is 162 Å². The molecule has 6 nitrogen and oxygen atoms in total. The van der Waals surface area contributed by atoms with Crippen molar-refractivity contribution in [2.45, 2.75) is 18.8 Å². The van der Waals surface area contributed by atoms with E-state index >= 15 is 0 Å². The molecule has 0 aliphatic carbocycles. The Morgan fingerprint density at radius 3 is 2.82 bits per heavy atom. The monoisotopic (exact) mass is 375 g/mol. The van der Waals surface area contributed by atoms with Gasteiger partial charge in [-0.3, -0.25) is 9.89 Å². The van der Waals surface area contributed by atoms with E-state index in [1.807, 2.05) is 30.3 Å². The SMILES string of the molecule is COc1ccc2c(c1C1CCNCC1)OC(=Cc1n[nH]c3ccccc13)C2=O. The number of rotatable bonds is 3. The lowest BCUT2D eigenvalue weighted by atomic mass is 9.87. The molecule has 28 heavy (non-hydrogen) atoms. The molecule has 2 aliphatic rings. The fourth-order valence-corrected chi connectivity index (χ4v) is 4.15. The van der Waals surface area contributed by atoms with Crippen LogP contribution in [0.25, 0.3) is 17.0 Å². The van der Waals surface area contributed by atoms with E-state index in [4.69, 9.17) is 9.47 Å². The van der Waals surface area contributed by atoms with Gasteiger partial charge in [0.25, 0.3) is 0 Å². The minimum absolute atomic E-state index is 0.111. The number of H-pyrrole nitrogens is 1. The molecule has 0 atom stereocenters. The van der Waals surface area contributed by atoms with E-state index in [1.54, 1.807) is 19.3 Å². The van der Waals surface area contributed by atoms with Crippen LogP contribution in [0, 0.1) is 0 Å². The maximum atomic E-state index is 13.0. The lowest BCUT2D eigenvalue weighted by Crippen LogP contribution is -2.27. The summed E-state index contributed by atoms with van der Waals surface area (Å²) >= 11 is 0. The fourth-order valence-electron chi connectivity index (χ4n) is 4.15. The standard InChI is InChI=1S/C22H21N3O3/c1-27-18-7-6-15-21(26)19(12-17-14-4-2-3-5-16(14)24-25-17)28-22(15)20(18)13-8-10-23-11-9-13/h2-7,12-13,23H,8-11H2,1H3,(H,24,25). The third kappa shape index (κ3) is 2.68. The van der Waals surface area contributed by atoms with Crippen LogP contribution >= 0.6 is 0 Å². The molecule has 0 saturated carbocycles. The second kappa shape index (κ2) is 6.80. The Hall–Kier alpha value is -3.12. The molecular weight excluding hydrogens is 354 g/mol. The van der Waals surface area contributed by atoms with Gasteiger partial charge in [-0.15, -0.1) is 0 Å². The van der Waals surface area contributed by atoms with Crippen LogP contribution in [0.1, 0.15) is 40.4 Å². The van der Waals surface area contributed by atoms with Gasteiger partial charge in [-0.25, -0.2) is 0 Å². The van der Waals surface area contributed by atoms with Gasteiger partial charge in [0.2, 0.25) is 5.78 Å². The first-order chi connectivity index (χ1) is 13.8. The number of carbonyl (C=O) groups is 1. The zero-order valence-electron chi connectivity index (χ0n) is 15.6. The zero-order chi connectivity index (χ0) is 19.1. The minimum Gasteiger partial charge on any atom is -0.496 e. The number of allylic oxidation sites excluding steroid dienone is 1. The second-order valence-electron chi connectivity index (χ2n) is 7.18. The van der Waals surface area contributed by atoms with E-state index in [2.05, 4.69) is 15.5 Å². The number of Topliss-reactive ketones (excluding diaryl/α,β-unsaturated/α-hetero) is 1. The summed E-state index contributed by atoms with van der Waals surface area (Å²) in [4.78, 5) is 13.0. The molecule has 0 unspecified atom stereocenters. The number of aromatic amines is 1. The zero-order valence-corrected chi connectivity index (χ0v) is 15.6. The highest BCUT2D eigenvalue weighted by Gasteiger charge is 2.34. The number of hydrogen-bond acceptors (Lipinski definition) is 5. The molecule has 2 aliphatic heterocycles. The van der Waals surface area contributed by atoms with E-state index in [1.165, 1.54) is 0 Å². The summed E-state index contributed by atoms with van der Waals surface area (Å²) < 4.78 is 11.7. The number of methoxy groups -OCH3 is 1. The van der Waals surface area contributed by atoms with E-state index in [-0.39, 0.29) is 5.78 Å². The van der Waals surface area contributed by atoms with Gasteiger partial charge < -0.3 is 14.8 Å². The number of hydrogen-bond donors (Lipinski definition) is 2. The van der Waals surface area contributed by atoms with Crippen molar-refractivity contribution in [2.24, 2.45) is 0 Å². The number of benzene rings is 2. The van der Waals surface area contributed by atoms with Crippen LogP contribution in [-0.2, 0) is 0 Å². The molecule has 0 amide bonds. The van der Waals surface area contributed by atoms with Gasteiger partial charge in [-0.2, -0.15) is 5.10 Å². The van der Waals surface area contributed by atoms with Crippen LogP contribution in [0.4, 0.5) is 0 Å². The summed E-state index contributed by atoms with van der Waals surface area (Å²) in [6.45, 7) is 1.90. The van der Waals surface area contributed by atoms with Crippen molar-refractivity contribution in [2.75, 3.05) is 20.2 Å². The topological polar surface area (TPSA) is 76.2 Å². The lowest BCUT2D eigenvalue weighted by Gasteiger charge is -2.25. The largest absolute Gasteiger partial charge is 0.496 e. The van der Waals surface area contributed by atoms with Crippen LogP contribution in [0.15, 0.2) is 42.2 Å². The highest BCUT2D eigenvalue weighted by molar-refractivity contribution is 6.15. The summed E-state index contributed by atoms with van der Waals surface area (Å²) in [5.74, 6) is 1.92. The third-order valence-electron chi connectivity index (χ3n) is 5.57. The Bertz CT molecular complexity index is 1090. The smallest absolute Gasteiger partial charge is 0.232 e. The Kier molecular flexibility index (Phi) is 4.13. The van der Waals surface area contributed by atoms with Gasteiger partial charge in [-0.1, -0.05) is 18.2 Å². The molecule has 6 heteroatoms. The first-order valence-corrected chi connectivity index (χ1v) is 9.55. The van der Waals surface area contributed by atoms with Crippen LogP contribution in [-0.4, -0.2) is 36.2 Å². The molecular formula is C22H21N3O3. The number of aromatic nitrogens is 2. The van der Waals surface area contributed by atoms with Gasteiger partial charge in [0, 0.05) is 17.0 Å². The predicted molar refractivity (Wildman–Crippen MR) is 107 cm³/mol. The van der Waals surface area contributed by atoms with E-state index < -0.39 is 0 Å². The fraction of sp³-hybridized carbons (Fsp3) is 0.273. The van der Waals surface area contributed by atoms with E-state index in [9.17, 15) is 4.79 Å². The molecule has 3 heterocycles. The summed E-state index contributed by atoms with van der Waals surface area (Å²) in [7, 11) is 1.66. The maximum absolute atomic E-state index is 13.0. The molecule has 5 rings (SSSR count). The predicted octanol–water partition coefficient (Wildman–Crippen LogP) is 3.65. The van der Waals surface area contributed by atoms with E-state index in [0.29, 0.717) is 28.7 Å². The molecule has 2 aromatic carbocycles. The highest BCUT2D eigenvalue weighted by Crippen LogP contribution is 2.46. The Morgan fingerprint density at radius 1 is 1.18 bits per heavy atom. The number of ketones is 1. The van der Waals surface area contributed by atoms with Crippen molar-refractivity contribution in [3.63, 3.8) is 0 Å². The average molecular weight is 375 g/mol. The molecule has 0 radical (unpaired) electrons. The van der Waals surface area contributed by atoms with Crippen molar-refractivity contribution < 1.29 is 14.3 Å². The number of nitrogens with one attached hydrogen (secondary N) is 2. The highest BCUT2D eigenvalue weighted by atomic mass is 16.5. The third-order valence-corrected chi connectivity index (χ3v) is 5.57. The minimum atomic E-state index is -0.111. The normalized spacial score (nSPS) is 18.5. The summed E-state index contributed by atoms with van der Waals surface area (Å²) in [5.41, 5.74) is 3.22. The van der Waals surface area contributed by atoms with Crippen LogP contribution < -0.4 is 14.8 Å². The van der Waals surface area contributed by atoms with E-state index in [0.717, 1.165) is 48.1 Å². The number of para-hydroxylation sites is 1. The molecule has 0 bridgehead atoms. The molecule has 0 spiro atoms. The second-order valence-corrected chi connectivity index (χ2v) is 7.18. The van der Waals surface area contributed by atoms with Gasteiger partial charge in [0.1, 0.15) is 11.5 Å². The number of nitrogens with zero attached hydrogens (tertiary/aromatic N) is 1. The molecule has 1 saturated heterocycles. The Morgan fingerprint density at radius 2 is 2.00 bits per heavy atom. The van der Waals surface area contributed by atoms with Crippen molar-refractivity contribution in [3.05, 3.63) is 59.0 Å². The molecule has 142 valence electrons. The van der Waals surface area contributed by atoms with Crippen molar-refractivity contribution >= 4 is 22.8 Å². The quantitative estimate of drug-likeness (QED) is 0.684. The lowest BCUT2D eigenvalue weighted by molar-refractivity contribution is 0.101. The number of ether oxygens (including phenoxy) is 2. The average Bonchev–Trinajstić information content (AvgIpc) is 3.29. The summed E-state index contributed by atoms with van der Waals surface area (Å²) in [6.07, 6.45) is 3.71. The van der Waals surface area contributed by atoms with Gasteiger partial charge >= 0.3 is 0 Å². The van der Waals surface area contributed by atoms with Crippen LogP contribution in [0.2, 0.25) is 0 Å². The number of piperidine rings is 1. The molecule has 1 fully saturated rings. The van der Waals surface area contributed by atoms with Gasteiger partial charge in [-0.05, 0) is 50.0 Å². The molecule has 2 N–H and O–H groups in total. The summed E-state index contributed by atoms with van der Waals surface area (Å²) in [5, 5.41) is 11.7. The van der Waals surface area contributed by atoms with Crippen LogP contribution in [0.5, 0.6) is 11.5 Å². The number of fused-ring (bicyclic) bond motifs is 2. The number of carbonyl (C=O) groups excluding carboxylic acids is 1. The van der Waals surface area contributed by atoms with Crippen molar-refractivity contribution in [3.8, 4) is 11.5 Å². The van der Waals surface area contributed by atoms with Crippen molar-refractivity contribution in [1.82, 2.24) is 15.5 Å². The first kappa shape index (κ1) is 17.0.